The molecule has 116 valence electrons. The van der Waals surface area contributed by atoms with E-state index in [2.05, 4.69) is 6.92 Å². The maximum absolute atomic E-state index is 12.5. The average molecular weight is 312 g/mol. The van der Waals surface area contributed by atoms with Crippen LogP contribution < -0.4 is 5.73 Å². The number of aryl methyl sites for hydroxylation is 1. The quantitative estimate of drug-likeness (QED) is 0.838. The van der Waals surface area contributed by atoms with E-state index in [0.717, 1.165) is 22.7 Å². The van der Waals surface area contributed by atoms with Crippen molar-refractivity contribution in [3.63, 3.8) is 0 Å². The van der Waals surface area contributed by atoms with Crippen molar-refractivity contribution in [1.82, 2.24) is 4.31 Å². The molecule has 0 spiro atoms. The molecule has 1 heterocycles. The zero-order valence-electron chi connectivity index (χ0n) is 11.9. The van der Waals surface area contributed by atoms with Gasteiger partial charge in [-0.25, -0.2) is 8.42 Å². The van der Waals surface area contributed by atoms with Gasteiger partial charge in [0, 0.05) is 13.1 Å². The highest BCUT2D eigenvalue weighted by atomic mass is 32.2. The Hall–Kier alpha value is -1.44. The molecule has 21 heavy (non-hydrogen) atoms. The van der Waals surface area contributed by atoms with Gasteiger partial charge in [-0.05, 0) is 30.5 Å². The highest BCUT2D eigenvalue weighted by molar-refractivity contribution is 7.89. The summed E-state index contributed by atoms with van der Waals surface area (Å²) in [6.45, 7) is 1.99. The first kappa shape index (κ1) is 15.9. The zero-order valence-corrected chi connectivity index (χ0v) is 12.8. The Bertz CT molecular complexity index is 627. The van der Waals surface area contributed by atoms with Crippen LogP contribution in [-0.2, 0) is 21.2 Å². The molecule has 1 fully saturated rings. The number of rotatable bonds is 5. The molecule has 1 atom stereocenters. The van der Waals surface area contributed by atoms with Crippen LogP contribution in [0.25, 0.3) is 0 Å². The van der Waals surface area contributed by atoms with Crippen LogP contribution in [0.3, 0.4) is 0 Å². The number of hydrogen-bond acceptors (Lipinski definition) is 4. The summed E-state index contributed by atoms with van der Waals surface area (Å²) in [6, 6.07) is 6.72. The summed E-state index contributed by atoms with van der Waals surface area (Å²) < 4.78 is 26.1. The summed E-state index contributed by atoms with van der Waals surface area (Å²) in [5.41, 5.74) is 5.31. The van der Waals surface area contributed by atoms with Gasteiger partial charge in [0.2, 0.25) is 10.0 Å². The molecule has 1 aromatic rings. The predicted molar refractivity (Wildman–Crippen MR) is 78.4 cm³/mol. The fourth-order valence-corrected chi connectivity index (χ4v) is 3.95. The summed E-state index contributed by atoms with van der Waals surface area (Å²) in [7, 11) is -3.68. The van der Waals surface area contributed by atoms with E-state index >= 15 is 0 Å². The van der Waals surface area contributed by atoms with Crippen LogP contribution in [0.5, 0.6) is 0 Å². The first-order valence-electron chi connectivity index (χ1n) is 6.91. The maximum Gasteiger partial charge on any atom is 0.325 e. The Kier molecular flexibility index (Phi) is 4.36. The summed E-state index contributed by atoms with van der Waals surface area (Å²) in [5, 5.41) is 9.08. The molecule has 1 aromatic carbocycles. The third-order valence-corrected chi connectivity index (χ3v) is 5.65. The van der Waals surface area contributed by atoms with Crippen LogP contribution in [0.15, 0.2) is 29.2 Å². The van der Waals surface area contributed by atoms with Crippen molar-refractivity contribution >= 4 is 16.0 Å². The second-order valence-corrected chi connectivity index (χ2v) is 7.38. The summed E-state index contributed by atoms with van der Waals surface area (Å²) in [5.74, 6) is -1.17. The van der Waals surface area contributed by atoms with E-state index in [4.69, 9.17) is 10.8 Å². The SMILES string of the molecule is CCCc1ccc(S(=O)(=O)N2CCC(N)(C(=O)O)C2)cc1. The van der Waals surface area contributed by atoms with E-state index in [0.29, 0.717) is 0 Å². The van der Waals surface area contributed by atoms with Crippen molar-refractivity contribution in [2.45, 2.75) is 36.6 Å². The summed E-state index contributed by atoms with van der Waals surface area (Å²) in [4.78, 5) is 11.3. The lowest BCUT2D eigenvalue weighted by atomic mass is 10.0. The van der Waals surface area contributed by atoms with Crippen molar-refractivity contribution in [3.05, 3.63) is 29.8 Å². The van der Waals surface area contributed by atoms with E-state index in [1.807, 2.05) is 0 Å². The second-order valence-electron chi connectivity index (χ2n) is 5.44. The first-order valence-corrected chi connectivity index (χ1v) is 8.35. The molecule has 0 bridgehead atoms. The van der Waals surface area contributed by atoms with E-state index in [1.54, 1.807) is 24.3 Å². The lowest BCUT2D eigenvalue weighted by Gasteiger charge is -2.20. The lowest BCUT2D eigenvalue weighted by Crippen LogP contribution is -2.50. The molecule has 0 saturated carbocycles. The molecule has 0 amide bonds. The van der Waals surface area contributed by atoms with Crippen LogP contribution in [0.4, 0.5) is 0 Å². The lowest BCUT2D eigenvalue weighted by molar-refractivity contribution is -0.142. The Labute approximate surface area is 124 Å². The van der Waals surface area contributed by atoms with Crippen molar-refractivity contribution in [1.29, 1.82) is 0 Å². The number of nitrogens with zero attached hydrogens (tertiary/aromatic N) is 1. The highest BCUT2D eigenvalue weighted by Crippen LogP contribution is 2.26. The normalized spacial score (nSPS) is 23.3. The first-order chi connectivity index (χ1) is 9.79. The van der Waals surface area contributed by atoms with E-state index in [-0.39, 0.29) is 24.4 Å². The van der Waals surface area contributed by atoms with Crippen molar-refractivity contribution < 1.29 is 18.3 Å². The zero-order chi connectivity index (χ0) is 15.7. The monoisotopic (exact) mass is 312 g/mol. The van der Waals surface area contributed by atoms with Gasteiger partial charge in [0.1, 0.15) is 5.54 Å². The fraction of sp³-hybridized carbons (Fsp3) is 0.500. The van der Waals surface area contributed by atoms with Crippen LogP contribution >= 0.6 is 0 Å². The molecule has 2 rings (SSSR count). The van der Waals surface area contributed by atoms with Gasteiger partial charge in [-0.1, -0.05) is 25.5 Å². The Morgan fingerprint density at radius 1 is 1.38 bits per heavy atom. The summed E-state index contributed by atoms with van der Waals surface area (Å²) >= 11 is 0. The molecule has 1 saturated heterocycles. The van der Waals surface area contributed by atoms with Gasteiger partial charge in [0.15, 0.2) is 0 Å². The molecule has 3 N–H and O–H groups in total. The van der Waals surface area contributed by atoms with Crippen LogP contribution in [0.1, 0.15) is 25.3 Å². The molecular weight excluding hydrogens is 292 g/mol. The second kappa shape index (κ2) is 5.75. The van der Waals surface area contributed by atoms with Crippen molar-refractivity contribution in [2.75, 3.05) is 13.1 Å². The molecule has 1 aliphatic rings. The van der Waals surface area contributed by atoms with Gasteiger partial charge in [-0.3, -0.25) is 4.79 Å². The average Bonchev–Trinajstić information content (AvgIpc) is 2.85. The van der Waals surface area contributed by atoms with Gasteiger partial charge in [0.05, 0.1) is 4.90 Å². The number of nitrogens with two attached hydrogens (primary N) is 1. The van der Waals surface area contributed by atoms with Crippen molar-refractivity contribution in [3.8, 4) is 0 Å². The Balaban J connectivity index is 2.21. The Morgan fingerprint density at radius 3 is 2.48 bits per heavy atom. The van der Waals surface area contributed by atoms with Gasteiger partial charge in [0.25, 0.3) is 0 Å². The molecule has 0 aromatic heterocycles. The van der Waals surface area contributed by atoms with Crippen molar-refractivity contribution in [2.24, 2.45) is 5.73 Å². The summed E-state index contributed by atoms with van der Waals surface area (Å²) in [6.07, 6.45) is 2.01. The topological polar surface area (TPSA) is 101 Å². The largest absolute Gasteiger partial charge is 0.480 e. The van der Waals surface area contributed by atoms with Crippen LogP contribution in [-0.4, -0.2) is 42.4 Å². The maximum atomic E-state index is 12.5. The van der Waals surface area contributed by atoms with E-state index < -0.39 is 21.5 Å². The Morgan fingerprint density at radius 2 is 2.00 bits per heavy atom. The molecule has 7 heteroatoms. The number of carboxylic acids is 1. The van der Waals surface area contributed by atoms with Gasteiger partial charge >= 0.3 is 5.97 Å². The number of sulfonamides is 1. The van der Waals surface area contributed by atoms with Crippen LogP contribution in [0.2, 0.25) is 0 Å². The van der Waals surface area contributed by atoms with Crippen LogP contribution in [0, 0.1) is 0 Å². The number of aliphatic carboxylic acids is 1. The molecule has 0 aliphatic carbocycles. The fourth-order valence-electron chi connectivity index (χ4n) is 2.44. The predicted octanol–water partition coefficient (Wildman–Crippen LogP) is 0.816. The molecule has 1 unspecified atom stereocenters. The third-order valence-electron chi connectivity index (χ3n) is 3.79. The van der Waals surface area contributed by atoms with E-state index in [9.17, 15) is 13.2 Å². The van der Waals surface area contributed by atoms with Gasteiger partial charge in [-0.15, -0.1) is 0 Å². The van der Waals surface area contributed by atoms with Gasteiger partial charge in [-0.2, -0.15) is 4.31 Å². The smallest absolute Gasteiger partial charge is 0.325 e. The third kappa shape index (κ3) is 3.09. The van der Waals surface area contributed by atoms with E-state index in [1.165, 1.54) is 0 Å². The number of hydrogen-bond donors (Lipinski definition) is 2. The highest BCUT2D eigenvalue weighted by Gasteiger charge is 2.45. The molecule has 1 aliphatic heterocycles. The molecular formula is C14H20N2O4S. The minimum atomic E-state index is -3.68. The minimum absolute atomic E-state index is 0.121. The standard InChI is InChI=1S/C14H20N2O4S/c1-2-3-11-4-6-12(7-5-11)21(19,20)16-9-8-14(15,10-16)13(17)18/h4-7H,2-3,8-10,15H2,1H3,(H,17,18). The van der Waals surface area contributed by atoms with Gasteiger partial charge < -0.3 is 10.8 Å². The number of benzene rings is 1. The number of carboxylic acid groups (broad SMARTS) is 1. The molecule has 6 nitrogen and oxygen atoms in total. The molecule has 0 radical (unpaired) electrons. The number of carbonyl (C=O) groups is 1. The minimum Gasteiger partial charge on any atom is -0.480 e.